The van der Waals surface area contributed by atoms with Crippen molar-refractivity contribution in [3.63, 3.8) is 0 Å². The largest absolute Gasteiger partial charge is 0.390 e. The zero-order chi connectivity index (χ0) is 13.2. The van der Waals surface area contributed by atoms with Crippen molar-refractivity contribution in [2.45, 2.75) is 18.6 Å². The van der Waals surface area contributed by atoms with Crippen LogP contribution in [-0.4, -0.2) is 22.2 Å². The highest BCUT2D eigenvalue weighted by molar-refractivity contribution is 6.33. The summed E-state index contributed by atoms with van der Waals surface area (Å²) in [5.41, 5.74) is 4.77. The first-order chi connectivity index (χ1) is 7.82. The van der Waals surface area contributed by atoms with Gasteiger partial charge in [-0.2, -0.15) is 0 Å². The molecule has 0 aliphatic heterocycles. The normalized spacial score (nSPS) is 14.4. The van der Waals surface area contributed by atoms with Crippen LogP contribution in [0.25, 0.3) is 0 Å². The first kappa shape index (κ1) is 14.2. The van der Waals surface area contributed by atoms with Gasteiger partial charge in [-0.3, -0.25) is 4.79 Å². The highest BCUT2D eigenvalue weighted by Crippen LogP contribution is 2.31. The van der Waals surface area contributed by atoms with E-state index in [9.17, 15) is 19.4 Å². The summed E-state index contributed by atoms with van der Waals surface area (Å²) in [5.74, 6) is -1.62. The van der Waals surface area contributed by atoms with Crippen LogP contribution in [0.3, 0.4) is 0 Å². The van der Waals surface area contributed by atoms with Gasteiger partial charge in [0, 0.05) is 10.6 Å². The van der Waals surface area contributed by atoms with Crippen LogP contribution >= 0.6 is 23.2 Å². The molecule has 0 bridgehead atoms. The fraction of sp³-hybridized carbons (Fsp3) is 0.300. The lowest BCUT2D eigenvalue weighted by Crippen LogP contribution is -2.26. The molecule has 7 heteroatoms. The van der Waals surface area contributed by atoms with Crippen molar-refractivity contribution in [1.29, 1.82) is 0 Å². The average molecular weight is 282 g/mol. The van der Waals surface area contributed by atoms with Gasteiger partial charge in [0.2, 0.25) is 5.91 Å². The van der Waals surface area contributed by atoms with Gasteiger partial charge >= 0.3 is 0 Å². The third kappa shape index (κ3) is 3.54. The number of rotatable bonds is 4. The van der Waals surface area contributed by atoms with Crippen LogP contribution in [0.5, 0.6) is 0 Å². The van der Waals surface area contributed by atoms with Gasteiger partial charge in [-0.15, -0.1) is 0 Å². The minimum atomic E-state index is -1.54. The van der Waals surface area contributed by atoms with E-state index < -0.39 is 30.4 Å². The molecule has 0 radical (unpaired) electrons. The number of aliphatic hydroxyl groups is 2. The Kier molecular flexibility index (Phi) is 4.70. The van der Waals surface area contributed by atoms with E-state index in [0.29, 0.717) is 0 Å². The van der Waals surface area contributed by atoms with Gasteiger partial charge in [0.15, 0.2) is 0 Å². The average Bonchev–Trinajstić information content (AvgIpc) is 2.21. The summed E-state index contributed by atoms with van der Waals surface area (Å²) in [4.78, 5) is 10.6. The number of hydrogen-bond donors (Lipinski definition) is 3. The topological polar surface area (TPSA) is 83.6 Å². The molecule has 1 rings (SSSR count). The van der Waals surface area contributed by atoms with Crippen LogP contribution in [0.4, 0.5) is 4.39 Å². The number of aliphatic hydroxyl groups excluding tert-OH is 2. The van der Waals surface area contributed by atoms with Gasteiger partial charge in [-0.1, -0.05) is 23.2 Å². The summed E-state index contributed by atoms with van der Waals surface area (Å²) in [7, 11) is 0. The van der Waals surface area contributed by atoms with Crippen LogP contribution in [0.15, 0.2) is 12.1 Å². The smallest absolute Gasteiger partial charge is 0.220 e. The molecule has 4 N–H and O–H groups in total. The fourth-order valence-corrected chi connectivity index (χ4v) is 1.75. The number of nitrogens with two attached hydrogens (primary N) is 1. The maximum absolute atomic E-state index is 13.2. The Morgan fingerprint density at radius 2 is 2.00 bits per heavy atom. The summed E-state index contributed by atoms with van der Waals surface area (Å²) in [6.07, 6.45) is -3.47. The van der Waals surface area contributed by atoms with Crippen LogP contribution in [0.2, 0.25) is 10.0 Å². The molecule has 4 nitrogen and oxygen atoms in total. The molecule has 0 heterocycles. The number of amides is 1. The summed E-state index contributed by atoms with van der Waals surface area (Å²) < 4.78 is 13.2. The molecule has 2 atom stereocenters. The van der Waals surface area contributed by atoms with E-state index in [0.717, 1.165) is 6.07 Å². The molecule has 1 aromatic rings. The van der Waals surface area contributed by atoms with Gasteiger partial charge in [0.05, 0.1) is 17.5 Å². The Hall–Kier alpha value is -0.880. The summed E-state index contributed by atoms with van der Waals surface area (Å²) in [6, 6.07) is 2.18. The lowest BCUT2D eigenvalue weighted by molar-refractivity contribution is -0.121. The monoisotopic (exact) mass is 281 g/mol. The molecule has 94 valence electrons. The second kappa shape index (κ2) is 5.64. The highest BCUT2D eigenvalue weighted by Gasteiger charge is 2.24. The van der Waals surface area contributed by atoms with Crippen LogP contribution in [0, 0.1) is 5.82 Å². The zero-order valence-electron chi connectivity index (χ0n) is 8.53. The third-order valence-corrected chi connectivity index (χ3v) is 2.73. The molecule has 2 unspecified atom stereocenters. The van der Waals surface area contributed by atoms with E-state index in [1.165, 1.54) is 6.07 Å². The molecule has 1 aromatic carbocycles. The van der Waals surface area contributed by atoms with Crippen molar-refractivity contribution in [3.05, 3.63) is 33.6 Å². The predicted octanol–water partition coefficient (Wildman–Crippen LogP) is 1.40. The van der Waals surface area contributed by atoms with Crippen LogP contribution in [0.1, 0.15) is 18.1 Å². The molecular formula is C10H10Cl2FNO3. The number of hydrogen-bond acceptors (Lipinski definition) is 3. The first-order valence-electron chi connectivity index (χ1n) is 4.61. The second-order valence-electron chi connectivity index (χ2n) is 3.47. The Labute approximate surface area is 107 Å². The minimum Gasteiger partial charge on any atom is -0.390 e. The van der Waals surface area contributed by atoms with Gasteiger partial charge in [0.1, 0.15) is 11.9 Å². The Morgan fingerprint density at radius 3 is 2.53 bits per heavy atom. The molecule has 17 heavy (non-hydrogen) atoms. The molecular weight excluding hydrogens is 272 g/mol. The third-order valence-electron chi connectivity index (χ3n) is 2.11. The molecule has 0 fully saturated rings. The van der Waals surface area contributed by atoms with Crippen molar-refractivity contribution >= 4 is 29.1 Å². The van der Waals surface area contributed by atoms with Crippen LogP contribution in [-0.2, 0) is 4.79 Å². The van der Waals surface area contributed by atoms with E-state index >= 15 is 0 Å². The number of primary amides is 1. The van der Waals surface area contributed by atoms with E-state index in [2.05, 4.69) is 0 Å². The summed E-state index contributed by atoms with van der Waals surface area (Å²) >= 11 is 11.2. The summed E-state index contributed by atoms with van der Waals surface area (Å²) in [5, 5.41) is 18.8. The summed E-state index contributed by atoms with van der Waals surface area (Å²) in [6.45, 7) is 0. The quantitative estimate of drug-likeness (QED) is 0.730. The Balaban J connectivity index is 3.03. The molecule has 0 saturated carbocycles. The molecule has 0 aliphatic carbocycles. The van der Waals surface area contributed by atoms with E-state index in [1.54, 1.807) is 0 Å². The Morgan fingerprint density at radius 1 is 1.41 bits per heavy atom. The van der Waals surface area contributed by atoms with E-state index in [-0.39, 0.29) is 15.6 Å². The number of carbonyl (C=O) groups excluding carboxylic acids is 1. The predicted molar refractivity (Wildman–Crippen MR) is 61.2 cm³/mol. The van der Waals surface area contributed by atoms with Gasteiger partial charge in [-0.25, -0.2) is 4.39 Å². The van der Waals surface area contributed by atoms with E-state index in [1.807, 2.05) is 0 Å². The highest BCUT2D eigenvalue weighted by atomic mass is 35.5. The number of carbonyl (C=O) groups is 1. The van der Waals surface area contributed by atoms with Crippen molar-refractivity contribution < 1.29 is 19.4 Å². The maximum atomic E-state index is 13.2. The molecule has 0 saturated heterocycles. The first-order valence-corrected chi connectivity index (χ1v) is 5.37. The molecule has 0 spiro atoms. The van der Waals surface area contributed by atoms with Gasteiger partial charge < -0.3 is 15.9 Å². The molecule has 1 amide bonds. The lowest BCUT2D eigenvalue weighted by Gasteiger charge is -2.18. The second-order valence-corrected chi connectivity index (χ2v) is 4.29. The van der Waals surface area contributed by atoms with E-state index in [4.69, 9.17) is 28.9 Å². The Bertz CT molecular complexity index is 442. The number of halogens is 3. The molecule has 0 aromatic heterocycles. The lowest BCUT2D eigenvalue weighted by atomic mass is 10.0. The maximum Gasteiger partial charge on any atom is 0.220 e. The zero-order valence-corrected chi connectivity index (χ0v) is 10.0. The van der Waals surface area contributed by atoms with Crippen molar-refractivity contribution in [2.24, 2.45) is 5.73 Å². The van der Waals surface area contributed by atoms with Crippen molar-refractivity contribution in [3.8, 4) is 0 Å². The van der Waals surface area contributed by atoms with Crippen LogP contribution < -0.4 is 5.73 Å². The van der Waals surface area contributed by atoms with Gasteiger partial charge in [0.25, 0.3) is 0 Å². The fourth-order valence-electron chi connectivity index (χ4n) is 1.32. The standard InChI is InChI=1S/C10H10Cl2FNO3/c11-4-1-5(9(12)6(13)2-4)10(17)7(15)3-8(14)16/h1-2,7,10,15,17H,3H2,(H2,14,16). The van der Waals surface area contributed by atoms with Crippen molar-refractivity contribution in [2.75, 3.05) is 0 Å². The minimum absolute atomic E-state index is 0.0206. The SMILES string of the molecule is NC(=O)CC(O)C(O)c1cc(Cl)cc(F)c1Cl. The van der Waals surface area contributed by atoms with Gasteiger partial charge in [-0.05, 0) is 12.1 Å². The number of benzene rings is 1. The molecule has 0 aliphatic rings. The van der Waals surface area contributed by atoms with Crippen molar-refractivity contribution in [1.82, 2.24) is 0 Å².